The quantitative estimate of drug-likeness (QED) is 0.839. The van der Waals surface area contributed by atoms with Crippen LogP contribution in [0.4, 0.5) is 11.4 Å². The Bertz CT molecular complexity index is 639. The maximum atomic E-state index is 12.1. The van der Waals surface area contributed by atoms with E-state index < -0.39 is 0 Å². The summed E-state index contributed by atoms with van der Waals surface area (Å²) >= 11 is 0. The fraction of sp³-hybridized carbons (Fsp3) is 0.278. The molecular formula is C18H22N2O. The van der Waals surface area contributed by atoms with Crippen LogP contribution in [-0.2, 0) is 11.2 Å². The third-order valence-corrected chi connectivity index (χ3v) is 3.54. The number of carbonyl (C=O) groups excluding carboxylic acids is 1. The number of nitrogens with two attached hydrogens (primary N) is 1. The average molecular weight is 282 g/mol. The Balaban J connectivity index is 1.99. The van der Waals surface area contributed by atoms with E-state index in [9.17, 15) is 4.79 Å². The second-order valence-electron chi connectivity index (χ2n) is 5.57. The van der Waals surface area contributed by atoms with Crippen LogP contribution in [0.2, 0.25) is 0 Å². The number of hydrogen-bond donors (Lipinski definition) is 2. The molecule has 0 atom stereocenters. The Morgan fingerprint density at radius 3 is 2.38 bits per heavy atom. The zero-order valence-electron chi connectivity index (χ0n) is 12.9. The molecule has 0 fully saturated rings. The predicted octanol–water partition coefficient (Wildman–Crippen LogP) is 3.77. The van der Waals surface area contributed by atoms with Gasteiger partial charge in [0.15, 0.2) is 0 Å². The molecule has 0 unspecified atom stereocenters. The van der Waals surface area contributed by atoms with E-state index in [-0.39, 0.29) is 5.91 Å². The van der Waals surface area contributed by atoms with Crippen LogP contribution in [0.15, 0.2) is 36.4 Å². The maximum Gasteiger partial charge on any atom is 0.224 e. The van der Waals surface area contributed by atoms with E-state index in [1.54, 1.807) is 0 Å². The van der Waals surface area contributed by atoms with Crippen LogP contribution in [0.1, 0.15) is 28.7 Å². The molecule has 0 aliphatic heterocycles. The van der Waals surface area contributed by atoms with Gasteiger partial charge in [0.1, 0.15) is 0 Å². The summed E-state index contributed by atoms with van der Waals surface area (Å²) in [4.78, 5) is 12.1. The highest BCUT2D eigenvalue weighted by Crippen LogP contribution is 2.23. The molecule has 110 valence electrons. The first-order valence-electron chi connectivity index (χ1n) is 7.18. The van der Waals surface area contributed by atoms with E-state index >= 15 is 0 Å². The molecule has 0 aromatic heterocycles. The monoisotopic (exact) mass is 282 g/mol. The Hall–Kier alpha value is -2.29. The summed E-state index contributed by atoms with van der Waals surface area (Å²) in [7, 11) is 0. The van der Waals surface area contributed by atoms with E-state index in [2.05, 4.69) is 30.4 Å². The molecule has 2 aromatic carbocycles. The van der Waals surface area contributed by atoms with E-state index in [1.807, 2.05) is 32.0 Å². The summed E-state index contributed by atoms with van der Waals surface area (Å²) in [6.07, 6.45) is 1.23. The molecule has 1 amide bonds. The van der Waals surface area contributed by atoms with Gasteiger partial charge in [-0.2, -0.15) is 0 Å². The molecule has 0 saturated heterocycles. The smallest absolute Gasteiger partial charge is 0.224 e. The number of rotatable bonds is 4. The molecule has 21 heavy (non-hydrogen) atoms. The Morgan fingerprint density at radius 2 is 1.76 bits per heavy atom. The normalized spacial score (nSPS) is 10.4. The van der Waals surface area contributed by atoms with Gasteiger partial charge in [0, 0.05) is 17.8 Å². The molecule has 0 heterocycles. The molecular weight excluding hydrogens is 260 g/mol. The van der Waals surface area contributed by atoms with Gasteiger partial charge in [-0.05, 0) is 56.0 Å². The Labute approximate surface area is 126 Å². The van der Waals surface area contributed by atoms with Crippen LogP contribution in [0.3, 0.4) is 0 Å². The number of carbonyl (C=O) groups is 1. The molecule has 3 nitrogen and oxygen atoms in total. The summed E-state index contributed by atoms with van der Waals surface area (Å²) < 4.78 is 0. The third kappa shape index (κ3) is 4.09. The van der Waals surface area contributed by atoms with Crippen LogP contribution in [-0.4, -0.2) is 5.91 Å². The van der Waals surface area contributed by atoms with Crippen molar-refractivity contribution in [3.05, 3.63) is 58.7 Å². The molecule has 2 aromatic rings. The van der Waals surface area contributed by atoms with Gasteiger partial charge >= 0.3 is 0 Å². The average Bonchev–Trinajstić information content (AvgIpc) is 2.40. The largest absolute Gasteiger partial charge is 0.399 e. The number of anilines is 2. The highest BCUT2D eigenvalue weighted by atomic mass is 16.1. The summed E-state index contributed by atoms with van der Waals surface area (Å²) in [6, 6.07) is 12.0. The van der Waals surface area contributed by atoms with E-state index in [0.717, 1.165) is 28.9 Å². The van der Waals surface area contributed by atoms with Gasteiger partial charge in [0.25, 0.3) is 0 Å². The Morgan fingerprint density at radius 1 is 1.10 bits per heavy atom. The molecule has 0 spiro atoms. The fourth-order valence-corrected chi connectivity index (χ4v) is 2.52. The van der Waals surface area contributed by atoms with Gasteiger partial charge in [-0.1, -0.05) is 29.8 Å². The van der Waals surface area contributed by atoms with Crippen molar-refractivity contribution >= 4 is 17.3 Å². The second-order valence-corrected chi connectivity index (χ2v) is 5.57. The number of amides is 1. The van der Waals surface area contributed by atoms with Crippen molar-refractivity contribution < 1.29 is 4.79 Å². The summed E-state index contributed by atoms with van der Waals surface area (Å²) in [5.74, 6) is 0.0347. The number of nitrogens with one attached hydrogen (secondary N) is 1. The molecule has 0 aliphatic carbocycles. The zero-order valence-corrected chi connectivity index (χ0v) is 12.9. The first kappa shape index (κ1) is 15.1. The Kier molecular flexibility index (Phi) is 4.63. The number of aryl methyl sites for hydroxylation is 4. The van der Waals surface area contributed by atoms with Crippen molar-refractivity contribution in [1.29, 1.82) is 0 Å². The molecule has 3 heteroatoms. The minimum Gasteiger partial charge on any atom is -0.399 e. The zero-order chi connectivity index (χ0) is 15.4. The van der Waals surface area contributed by atoms with Crippen molar-refractivity contribution in [1.82, 2.24) is 0 Å². The van der Waals surface area contributed by atoms with E-state index in [0.29, 0.717) is 6.42 Å². The number of hydrogen-bond acceptors (Lipinski definition) is 2. The lowest BCUT2D eigenvalue weighted by Gasteiger charge is -2.12. The second kappa shape index (κ2) is 6.44. The van der Waals surface area contributed by atoms with Crippen molar-refractivity contribution in [2.24, 2.45) is 0 Å². The van der Waals surface area contributed by atoms with E-state index in [1.165, 1.54) is 11.1 Å². The lowest BCUT2D eigenvalue weighted by atomic mass is 10.1. The molecule has 0 bridgehead atoms. The number of benzene rings is 2. The topological polar surface area (TPSA) is 55.1 Å². The molecule has 3 N–H and O–H groups in total. The summed E-state index contributed by atoms with van der Waals surface area (Å²) in [6.45, 7) is 5.98. The van der Waals surface area contributed by atoms with Crippen LogP contribution < -0.4 is 11.1 Å². The first-order valence-corrected chi connectivity index (χ1v) is 7.18. The van der Waals surface area contributed by atoms with Crippen molar-refractivity contribution in [2.75, 3.05) is 11.1 Å². The van der Waals surface area contributed by atoms with E-state index in [4.69, 9.17) is 5.73 Å². The van der Waals surface area contributed by atoms with Crippen molar-refractivity contribution in [3.8, 4) is 0 Å². The maximum absolute atomic E-state index is 12.1. The highest BCUT2D eigenvalue weighted by Gasteiger charge is 2.08. The molecule has 2 rings (SSSR count). The first-order chi connectivity index (χ1) is 9.95. The lowest BCUT2D eigenvalue weighted by molar-refractivity contribution is -0.116. The minimum absolute atomic E-state index is 0.0347. The SMILES string of the molecule is Cc1cccc(CCC(=O)Nc2c(C)cc(N)cc2C)c1. The van der Waals surface area contributed by atoms with Crippen molar-refractivity contribution in [3.63, 3.8) is 0 Å². The minimum atomic E-state index is 0.0347. The highest BCUT2D eigenvalue weighted by molar-refractivity contribution is 5.92. The third-order valence-electron chi connectivity index (χ3n) is 3.54. The lowest BCUT2D eigenvalue weighted by Crippen LogP contribution is -2.14. The van der Waals surface area contributed by atoms with Gasteiger partial charge in [-0.3, -0.25) is 4.79 Å². The molecule has 0 aliphatic rings. The van der Waals surface area contributed by atoms with Gasteiger partial charge in [-0.25, -0.2) is 0 Å². The van der Waals surface area contributed by atoms with Gasteiger partial charge in [0.05, 0.1) is 0 Å². The standard InChI is InChI=1S/C18H22N2O/c1-12-5-4-6-15(9-12)7-8-17(21)20-18-13(2)10-16(19)11-14(18)3/h4-6,9-11H,7-8,19H2,1-3H3,(H,20,21). The summed E-state index contributed by atoms with van der Waals surface area (Å²) in [5.41, 5.74) is 11.8. The number of nitrogen functional groups attached to an aromatic ring is 1. The van der Waals surface area contributed by atoms with Gasteiger partial charge in [-0.15, -0.1) is 0 Å². The molecule has 0 saturated carbocycles. The van der Waals surface area contributed by atoms with Gasteiger partial charge < -0.3 is 11.1 Å². The van der Waals surface area contributed by atoms with Crippen LogP contribution >= 0.6 is 0 Å². The van der Waals surface area contributed by atoms with Crippen molar-refractivity contribution in [2.45, 2.75) is 33.6 Å². The predicted molar refractivity (Wildman–Crippen MR) is 88.5 cm³/mol. The van der Waals surface area contributed by atoms with Crippen LogP contribution in [0.5, 0.6) is 0 Å². The fourth-order valence-electron chi connectivity index (χ4n) is 2.52. The summed E-state index contributed by atoms with van der Waals surface area (Å²) in [5, 5.41) is 3.00. The molecule has 0 radical (unpaired) electrons. The van der Waals surface area contributed by atoms with Crippen LogP contribution in [0.25, 0.3) is 0 Å². The van der Waals surface area contributed by atoms with Crippen LogP contribution in [0, 0.1) is 20.8 Å². The van der Waals surface area contributed by atoms with Gasteiger partial charge in [0.2, 0.25) is 5.91 Å².